The van der Waals surface area contributed by atoms with Gasteiger partial charge in [-0.1, -0.05) is 49.4 Å². The topological polar surface area (TPSA) is 75.7 Å². The molecule has 0 saturated carbocycles. The Morgan fingerprint density at radius 3 is 2.27 bits per heavy atom. The van der Waals surface area contributed by atoms with E-state index < -0.39 is 15.9 Å². The molecule has 0 atom stereocenters. The van der Waals surface area contributed by atoms with Crippen molar-refractivity contribution in [2.24, 2.45) is 0 Å². The maximum atomic E-state index is 13.4. The third-order valence-corrected chi connectivity index (χ3v) is 6.80. The summed E-state index contributed by atoms with van der Waals surface area (Å²) in [4.78, 5) is 13.0. The molecule has 3 aromatic rings. The van der Waals surface area contributed by atoms with Gasteiger partial charge in [0.1, 0.15) is 12.3 Å². The van der Waals surface area contributed by atoms with Crippen LogP contribution in [0.15, 0.2) is 83.8 Å². The molecule has 0 unspecified atom stereocenters. The van der Waals surface area contributed by atoms with E-state index in [1.165, 1.54) is 12.1 Å². The number of rotatable bonds is 10. The molecule has 3 aromatic carbocycles. The van der Waals surface area contributed by atoms with E-state index in [1.807, 2.05) is 57.2 Å². The lowest BCUT2D eigenvalue weighted by Gasteiger charge is -2.24. The van der Waals surface area contributed by atoms with E-state index in [2.05, 4.69) is 5.32 Å². The van der Waals surface area contributed by atoms with Gasteiger partial charge in [-0.25, -0.2) is 8.42 Å². The Balaban J connectivity index is 1.79. The van der Waals surface area contributed by atoms with Crippen LogP contribution >= 0.6 is 0 Å². The fourth-order valence-electron chi connectivity index (χ4n) is 3.32. The minimum absolute atomic E-state index is 0.0469. The number of hydrogen-bond acceptors (Lipinski definition) is 4. The molecule has 1 amide bonds. The number of nitrogens with one attached hydrogen (secondary N) is 1. The van der Waals surface area contributed by atoms with Gasteiger partial charge in [-0.15, -0.1) is 0 Å². The SMILES string of the molecule is CCc1ccc(N(CC(=O)NCc2cccc(OC(C)C)c2)S(=O)(=O)c2ccccc2)cc1. The molecule has 3 rings (SSSR count). The molecule has 33 heavy (non-hydrogen) atoms. The van der Waals surface area contributed by atoms with E-state index in [0.29, 0.717) is 5.69 Å². The smallest absolute Gasteiger partial charge is 0.264 e. The zero-order valence-electron chi connectivity index (χ0n) is 19.2. The van der Waals surface area contributed by atoms with E-state index in [-0.39, 0.29) is 24.1 Å². The average Bonchev–Trinajstić information content (AvgIpc) is 2.81. The maximum absolute atomic E-state index is 13.4. The van der Waals surface area contributed by atoms with Gasteiger partial charge in [-0.05, 0) is 67.8 Å². The summed E-state index contributed by atoms with van der Waals surface area (Å²) in [5.41, 5.74) is 2.40. The highest BCUT2D eigenvalue weighted by Gasteiger charge is 2.27. The number of carbonyl (C=O) groups excluding carboxylic acids is 1. The quantitative estimate of drug-likeness (QED) is 0.476. The zero-order valence-corrected chi connectivity index (χ0v) is 20.0. The standard InChI is InChI=1S/C26H30N2O4S/c1-4-21-13-15-23(16-14-21)28(33(30,31)25-11-6-5-7-12-25)19-26(29)27-18-22-9-8-10-24(17-22)32-20(2)3/h5-17,20H,4,18-19H2,1-3H3,(H,27,29). The molecule has 7 heteroatoms. The van der Waals surface area contributed by atoms with Gasteiger partial charge < -0.3 is 10.1 Å². The van der Waals surface area contributed by atoms with Gasteiger partial charge in [-0.2, -0.15) is 0 Å². The molecular formula is C26H30N2O4S. The number of aryl methyl sites for hydroxylation is 1. The van der Waals surface area contributed by atoms with E-state index in [9.17, 15) is 13.2 Å². The summed E-state index contributed by atoms with van der Waals surface area (Å²) in [6.07, 6.45) is 0.886. The van der Waals surface area contributed by atoms with Crippen LogP contribution in [0.2, 0.25) is 0 Å². The van der Waals surface area contributed by atoms with Crippen LogP contribution < -0.4 is 14.4 Å². The normalized spacial score (nSPS) is 11.3. The zero-order chi connectivity index (χ0) is 23.8. The predicted octanol–water partition coefficient (Wildman–Crippen LogP) is 4.55. The van der Waals surface area contributed by atoms with Gasteiger partial charge in [-0.3, -0.25) is 9.10 Å². The largest absolute Gasteiger partial charge is 0.491 e. The summed E-state index contributed by atoms with van der Waals surface area (Å²) in [6, 6.07) is 22.8. The van der Waals surface area contributed by atoms with Crippen molar-refractivity contribution in [1.82, 2.24) is 5.32 Å². The van der Waals surface area contributed by atoms with Crippen molar-refractivity contribution < 1.29 is 17.9 Å². The van der Waals surface area contributed by atoms with E-state index >= 15 is 0 Å². The third kappa shape index (κ3) is 6.58. The molecule has 174 valence electrons. The van der Waals surface area contributed by atoms with Gasteiger partial charge in [0.2, 0.25) is 5.91 Å². The number of carbonyl (C=O) groups is 1. The van der Waals surface area contributed by atoms with Crippen molar-refractivity contribution >= 4 is 21.6 Å². The minimum atomic E-state index is -3.92. The monoisotopic (exact) mass is 466 g/mol. The highest BCUT2D eigenvalue weighted by molar-refractivity contribution is 7.92. The number of hydrogen-bond donors (Lipinski definition) is 1. The Bertz CT molecular complexity index is 1160. The molecule has 0 aliphatic rings. The summed E-state index contributed by atoms with van der Waals surface area (Å²) in [7, 11) is -3.92. The van der Waals surface area contributed by atoms with Crippen LogP contribution in [0, 0.1) is 0 Å². The van der Waals surface area contributed by atoms with Crippen LogP contribution in [0.5, 0.6) is 5.75 Å². The van der Waals surface area contributed by atoms with Crippen molar-refractivity contribution in [2.45, 2.75) is 44.7 Å². The first-order valence-electron chi connectivity index (χ1n) is 11.0. The number of anilines is 1. The molecule has 0 saturated heterocycles. The lowest BCUT2D eigenvalue weighted by Crippen LogP contribution is -2.40. The fraction of sp³-hybridized carbons (Fsp3) is 0.269. The van der Waals surface area contributed by atoms with Crippen molar-refractivity contribution in [2.75, 3.05) is 10.8 Å². The van der Waals surface area contributed by atoms with Crippen molar-refractivity contribution in [1.29, 1.82) is 0 Å². The molecule has 6 nitrogen and oxygen atoms in total. The van der Waals surface area contributed by atoms with Gasteiger partial charge in [0, 0.05) is 6.54 Å². The first-order chi connectivity index (χ1) is 15.8. The van der Waals surface area contributed by atoms with Gasteiger partial charge in [0.25, 0.3) is 10.0 Å². The Labute approximate surface area is 196 Å². The molecule has 0 radical (unpaired) electrons. The highest BCUT2D eigenvalue weighted by atomic mass is 32.2. The van der Waals surface area contributed by atoms with Crippen LogP contribution in [0.1, 0.15) is 31.9 Å². The molecule has 1 N–H and O–H groups in total. The molecule has 0 spiro atoms. The van der Waals surface area contributed by atoms with Crippen LogP contribution in [0.4, 0.5) is 5.69 Å². The van der Waals surface area contributed by atoms with Crippen LogP contribution in [0.25, 0.3) is 0 Å². The van der Waals surface area contributed by atoms with Crippen molar-refractivity contribution in [3.8, 4) is 5.75 Å². The molecular weight excluding hydrogens is 436 g/mol. The predicted molar refractivity (Wildman–Crippen MR) is 131 cm³/mol. The molecule has 0 bridgehead atoms. The average molecular weight is 467 g/mol. The van der Waals surface area contributed by atoms with Crippen molar-refractivity contribution in [3.63, 3.8) is 0 Å². The molecule has 0 aliphatic heterocycles. The van der Waals surface area contributed by atoms with Gasteiger partial charge >= 0.3 is 0 Å². The van der Waals surface area contributed by atoms with E-state index in [0.717, 1.165) is 27.6 Å². The number of amides is 1. The summed E-state index contributed by atoms with van der Waals surface area (Å²) < 4.78 is 33.6. The summed E-state index contributed by atoms with van der Waals surface area (Å²) in [5, 5.41) is 2.83. The first kappa shape index (κ1) is 24.3. The highest BCUT2D eigenvalue weighted by Crippen LogP contribution is 2.24. The third-order valence-electron chi connectivity index (χ3n) is 5.01. The Morgan fingerprint density at radius 1 is 0.939 bits per heavy atom. The molecule has 0 aromatic heterocycles. The van der Waals surface area contributed by atoms with Crippen LogP contribution in [0.3, 0.4) is 0 Å². The number of ether oxygens (including phenoxy) is 1. The number of nitrogens with zero attached hydrogens (tertiary/aromatic N) is 1. The fourth-order valence-corrected chi connectivity index (χ4v) is 4.76. The molecule has 0 fully saturated rings. The maximum Gasteiger partial charge on any atom is 0.264 e. The lowest BCUT2D eigenvalue weighted by molar-refractivity contribution is -0.119. The van der Waals surface area contributed by atoms with Crippen LogP contribution in [-0.4, -0.2) is 27.0 Å². The molecule has 0 aliphatic carbocycles. The van der Waals surface area contributed by atoms with Crippen LogP contribution in [-0.2, 0) is 27.8 Å². The summed E-state index contributed by atoms with van der Waals surface area (Å²) in [6.45, 7) is 5.86. The van der Waals surface area contributed by atoms with E-state index in [4.69, 9.17) is 4.74 Å². The second-order valence-corrected chi connectivity index (χ2v) is 9.80. The van der Waals surface area contributed by atoms with Gasteiger partial charge in [0.15, 0.2) is 0 Å². The van der Waals surface area contributed by atoms with Gasteiger partial charge in [0.05, 0.1) is 16.7 Å². The summed E-state index contributed by atoms with van der Waals surface area (Å²) >= 11 is 0. The summed E-state index contributed by atoms with van der Waals surface area (Å²) in [5.74, 6) is 0.324. The Hall–Kier alpha value is -3.32. The molecule has 0 heterocycles. The number of sulfonamides is 1. The lowest BCUT2D eigenvalue weighted by atomic mass is 10.1. The first-order valence-corrected chi connectivity index (χ1v) is 12.4. The second-order valence-electron chi connectivity index (χ2n) is 7.94. The second kappa shape index (κ2) is 11.0. The van der Waals surface area contributed by atoms with Crippen molar-refractivity contribution in [3.05, 3.63) is 90.0 Å². The minimum Gasteiger partial charge on any atom is -0.491 e. The Morgan fingerprint density at radius 2 is 1.64 bits per heavy atom. The van der Waals surface area contributed by atoms with E-state index in [1.54, 1.807) is 30.3 Å². The Kier molecular flexibility index (Phi) is 8.11. The number of benzene rings is 3.